The smallest absolute Gasteiger partial charge is 0.317 e. The highest BCUT2D eigenvalue weighted by molar-refractivity contribution is 5.96. The molecule has 0 fully saturated rings. The number of rotatable bonds is 4. The summed E-state index contributed by atoms with van der Waals surface area (Å²) in [6.07, 6.45) is -0.490. The fourth-order valence-electron chi connectivity index (χ4n) is 6.58. The zero-order chi connectivity index (χ0) is 27.5. The number of esters is 2. The number of hydrogen-bond acceptors (Lipinski definition) is 6. The third-order valence-corrected chi connectivity index (χ3v) is 7.90. The summed E-state index contributed by atoms with van der Waals surface area (Å²) in [6.45, 7) is 12.6. The molecule has 1 aromatic heterocycles. The number of methoxy groups -OCH3 is 2. The van der Waals surface area contributed by atoms with Crippen LogP contribution in [0.25, 0.3) is 16.9 Å². The van der Waals surface area contributed by atoms with E-state index in [4.69, 9.17) is 18.6 Å². The van der Waals surface area contributed by atoms with E-state index in [9.17, 15) is 9.59 Å². The van der Waals surface area contributed by atoms with Crippen molar-refractivity contribution in [2.24, 2.45) is 5.92 Å². The van der Waals surface area contributed by atoms with Crippen molar-refractivity contribution in [2.75, 3.05) is 20.8 Å². The fraction of sp³-hybridized carbons (Fsp3) is 0.375. The molecule has 6 heteroatoms. The lowest BCUT2D eigenvalue weighted by Crippen LogP contribution is -2.35. The van der Waals surface area contributed by atoms with Crippen molar-refractivity contribution in [3.63, 3.8) is 0 Å². The number of aryl methyl sites for hydroxylation is 6. The van der Waals surface area contributed by atoms with Crippen molar-refractivity contribution >= 4 is 17.5 Å². The third-order valence-electron chi connectivity index (χ3n) is 7.90. The number of carbonyl (C=O) groups excluding carboxylic acids is 2. The van der Waals surface area contributed by atoms with Gasteiger partial charge in [-0.25, -0.2) is 0 Å². The molecule has 1 aliphatic heterocycles. The van der Waals surface area contributed by atoms with E-state index in [-0.39, 0.29) is 0 Å². The van der Waals surface area contributed by atoms with E-state index >= 15 is 0 Å². The van der Waals surface area contributed by atoms with E-state index in [1.165, 1.54) is 19.8 Å². The largest absolute Gasteiger partial charge is 0.469 e. The molecule has 2 aromatic carbocycles. The Bertz CT molecular complexity index is 1460. The van der Waals surface area contributed by atoms with E-state index in [1.807, 2.05) is 19.9 Å². The van der Waals surface area contributed by atoms with Crippen LogP contribution in [0.2, 0.25) is 0 Å². The Morgan fingerprint density at radius 2 is 1.29 bits per heavy atom. The molecule has 2 aliphatic rings. The van der Waals surface area contributed by atoms with Gasteiger partial charge in [0.1, 0.15) is 29.5 Å². The van der Waals surface area contributed by atoms with Gasteiger partial charge in [-0.3, -0.25) is 9.59 Å². The standard InChI is InChI=1S/C32H34O6/c1-15-9-17(3)24(18(4)10-15)23-13-21-22-14-37-30(25-19(5)11-16(2)12-20(25)6)26(22)27(31(33)35-7)28(29(21)38-23)32(34)36-8/h9-13,27-28,30H,14H2,1-8H3. The third kappa shape index (κ3) is 3.99. The van der Waals surface area contributed by atoms with E-state index in [1.54, 1.807) is 0 Å². The van der Waals surface area contributed by atoms with Gasteiger partial charge in [0.05, 0.1) is 20.8 Å². The highest BCUT2D eigenvalue weighted by Gasteiger charge is 2.52. The first-order valence-electron chi connectivity index (χ1n) is 12.9. The maximum atomic E-state index is 13.4. The summed E-state index contributed by atoms with van der Waals surface area (Å²) in [5.41, 5.74) is 11.0. The average Bonchev–Trinajstić information content (AvgIpc) is 3.46. The number of ether oxygens (including phenoxy) is 3. The molecule has 0 saturated heterocycles. The number of carbonyl (C=O) groups is 2. The van der Waals surface area contributed by atoms with E-state index in [0.29, 0.717) is 18.1 Å². The summed E-state index contributed by atoms with van der Waals surface area (Å²) < 4.78 is 23.4. The van der Waals surface area contributed by atoms with Gasteiger partial charge in [0.15, 0.2) is 0 Å². The van der Waals surface area contributed by atoms with Gasteiger partial charge < -0.3 is 18.6 Å². The van der Waals surface area contributed by atoms with Crippen LogP contribution in [0.3, 0.4) is 0 Å². The number of benzene rings is 2. The molecule has 38 heavy (non-hydrogen) atoms. The van der Waals surface area contributed by atoms with Gasteiger partial charge in [-0.2, -0.15) is 0 Å². The molecule has 3 atom stereocenters. The molecule has 3 aromatic rings. The lowest BCUT2D eigenvalue weighted by molar-refractivity contribution is -0.153. The molecule has 0 bridgehead atoms. The summed E-state index contributed by atoms with van der Waals surface area (Å²) in [7, 11) is 2.67. The van der Waals surface area contributed by atoms with Gasteiger partial charge in [-0.1, -0.05) is 35.4 Å². The van der Waals surface area contributed by atoms with Crippen molar-refractivity contribution in [3.8, 4) is 11.3 Å². The topological polar surface area (TPSA) is 75.0 Å². The molecule has 0 N–H and O–H groups in total. The van der Waals surface area contributed by atoms with Crippen molar-refractivity contribution in [2.45, 2.75) is 53.6 Å². The van der Waals surface area contributed by atoms with Crippen LogP contribution < -0.4 is 0 Å². The maximum Gasteiger partial charge on any atom is 0.317 e. The normalized spacial score (nSPS) is 20.3. The first kappa shape index (κ1) is 26.0. The first-order chi connectivity index (χ1) is 18.1. The van der Waals surface area contributed by atoms with Crippen LogP contribution in [0.1, 0.15) is 62.3 Å². The van der Waals surface area contributed by atoms with Crippen molar-refractivity contribution in [1.29, 1.82) is 0 Å². The fourth-order valence-corrected chi connectivity index (χ4v) is 6.58. The second-order valence-electron chi connectivity index (χ2n) is 10.6. The zero-order valence-electron chi connectivity index (χ0n) is 23.3. The van der Waals surface area contributed by atoms with Crippen LogP contribution in [-0.2, 0) is 23.8 Å². The quantitative estimate of drug-likeness (QED) is 0.376. The summed E-state index contributed by atoms with van der Waals surface area (Å²) >= 11 is 0. The number of fused-ring (bicyclic) bond motifs is 2. The van der Waals surface area contributed by atoms with Gasteiger partial charge in [0.2, 0.25) is 0 Å². The minimum absolute atomic E-state index is 0.298. The van der Waals surface area contributed by atoms with E-state index < -0.39 is 29.9 Å². The van der Waals surface area contributed by atoms with Gasteiger partial charge in [-0.05, 0) is 86.6 Å². The molecule has 6 nitrogen and oxygen atoms in total. The Morgan fingerprint density at radius 1 is 0.763 bits per heavy atom. The molecule has 0 amide bonds. The SMILES string of the molecule is COC(=O)C1C2=C(COC2c2c(C)cc(C)cc2C)c2cc(-c3c(C)cc(C)cc3C)oc2C1C(=O)OC. The summed E-state index contributed by atoms with van der Waals surface area (Å²) in [5.74, 6) is -1.91. The molecular weight excluding hydrogens is 480 g/mol. The Balaban J connectivity index is 1.78. The molecule has 1 aliphatic carbocycles. The lowest BCUT2D eigenvalue weighted by Gasteiger charge is -2.31. The predicted octanol–water partition coefficient (Wildman–Crippen LogP) is 6.38. The van der Waals surface area contributed by atoms with Gasteiger partial charge in [-0.15, -0.1) is 0 Å². The Morgan fingerprint density at radius 3 is 1.84 bits per heavy atom. The van der Waals surface area contributed by atoms with Crippen molar-refractivity contribution in [1.82, 2.24) is 0 Å². The summed E-state index contributed by atoms with van der Waals surface area (Å²) in [4.78, 5) is 26.8. The van der Waals surface area contributed by atoms with Gasteiger partial charge in [0.25, 0.3) is 0 Å². The van der Waals surface area contributed by atoms with Crippen molar-refractivity contribution in [3.05, 3.63) is 86.2 Å². The summed E-state index contributed by atoms with van der Waals surface area (Å²) in [6, 6.07) is 10.4. The Labute approximate surface area is 223 Å². The first-order valence-corrected chi connectivity index (χ1v) is 12.9. The lowest BCUT2D eigenvalue weighted by atomic mass is 9.72. The second-order valence-corrected chi connectivity index (χ2v) is 10.6. The zero-order valence-corrected chi connectivity index (χ0v) is 23.3. The van der Waals surface area contributed by atoms with E-state index in [0.717, 1.165) is 55.7 Å². The van der Waals surface area contributed by atoms with Crippen LogP contribution in [0.4, 0.5) is 0 Å². The second kappa shape index (κ2) is 9.59. The van der Waals surface area contributed by atoms with E-state index in [2.05, 4.69) is 52.0 Å². The molecule has 2 heterocycles. The molecule has 0 radical (unpaired) electrons. The number of hydrogen-bond donors (Lipinski definition) is 0. The predicted molar refractivity (Wildman–Crippen MR) is 145 cm³/mol. The molecule has 5 rings (SSSR count). The van der Waals surface area contributed by atoms with Crippen LogP contribution in [-0.4, -0.2) is 32.8 Å². The molecule has 0 spiro atoms. The molecule has 198 valence electrons. The minimum Gasteiger partial charge on any atom is -0.469 e. The Kier molecular flexibility index (Phi) is 6.56. The minimum atomic E-state index is -0.990. The highest BCUT2D eigenvalue weighted by Crippen LogP contribution is 2.55. The average molecular weight is 515 g/mol. The van der Waals surface area contributed by atoms with Crippen LogP contribution in [0.5, 0.6) is 0 Å². The van der Waals surface area contributed by atoms with Gasteiger partial charge >= 0.3 is 11.9 Å². The van der Waals surface area contributed by atoms with Crippen LogP contribution in [0, 0.1) is 47.5 Å². The monoisotopic (exact) mass is 514 g/mol. The molecule has 0 saturated carbocycles. The van der Waals surface area contributed by atoms with Crippen molar-refractivity contribution < 1.29 is 28.2 Å². The summed E-state index contributed by atoms with van der Waals surface area (Å²) in [5, 5.41) is 0. The maximum absolute atomic E-state index is 13.4. The molecular formula is C32H34O6. The molecule has 3 unspecified atom stereocenters. The van der Waals surface area contributed by atoms with Gasteiger partial charge in [0, 0.05) is 11.1 Å². The Hall–Kier alpha value is -3.64. The van der Waals surface area contributed by atoms with Crippen LogP contribution >= 0.6 is 0 Å². The number of furan rings is 1. The highest BCUT2D eigenvalue weighted by atomic mass is 16.5. The van der Waals surface area contributed by atoms with Crippen LogP contribution in [0.15, 0.2) is 40.3 Å².